The molecule has 1 aromatic heterocycles. The molecular formula is C21H17F3N2O4. The molecule has 156 valence electrons. The summed E-state index contributed by atoms with van der Waals surface area (Å²) in [5.74, 6) is -2.79. The number of ether oxygens (including phenoxy) is 2. The Bertz CT molecular complexity index is 1130. The predicted molar refractivity (Wildman–Crippen MR) is 101 cm³/mol. The number of aliphatic hydroxyl groups excluding tert-OH is 1. The predicted octanol–water partition coefficient (Wildman–Crippen LogP) is 2.70. The molecule has 9 heteroatoms. The Hall–Kier alpha value is -3.33. The molecule has 0 saturated heterocycles. The first-order valence-electron chi connectivity index (χ1n) is 9.20. The van der Waals surface area contributed by atoms with E-state index in [0.29, 0.717) is 36.0 Å². The van der Waals surface area contributed by atoms with Gasteiger partial charge in [-0.1, -0.05) is 12.1 Å². The minimum atomic E-state index is -1.25. The molecular weight excluding hydrogens is 401 g/mol. The van der Waals surface area contributed by atoms with Crippen LogP contribution in [0.25, 0.3) is 11.1 Å². The molecule has 6 nitrogen and oxygen atoms in total. The molecule has 0 spiro atoms. The third-order valence-electron chi connectivity index (χ3n) is 4.69. The summed E-state index contributed by atoms with van der Waals surface area (Å²) in [4.78, 5) is 15.5. The van der Waals surface area contributed by atoms with Crippen molar-refractivity contribution in [2.75, 3.05) is 13.2 Å². The smallest absolute Gasteiger partial charge is 0.300 e. The van der Waals surface area contributed by atoms with Gasteiger partial charge in [0.25, 0.3) is 11.6 Å². The normalized spacial score (nSPS) is 15.0. The maximum absolute atomic E-state index is 13.9. The molecule has 1 aliphatic heterocycles. The van der Waals surface area contributed by atoms with Crippen LogP contribution < -0.4 is 15.0 Å². The number of halogens is 3. The zero-order valence-corrected chi connectivity index (χ0v) is 15.6. The first-order valence-corrected chi connectivity index (χ1v) is 9.20. The number of hydrogen-bond acceptors (Lipinski definition) is 5. The molecule has 0 fully saturated rings. The monoisotopic (exact) mass is 418 g/mol. The first kappa shape index (κ1) is 20.0. The van der Waals surface area contributed by atoms with Crippen LogP contribution in [-0.2, 0) is 13.0 Å². The summed E-state index contributed by atoms with van der Waals surface area (Å²) in [7, 11) is 0. The number of rotatable bonds is 6. The van der Waals surface area contributed by atoms with Crippen LogP contribution in [0.3, 0.4) is 0 Å². The quantitative estimate of drug-likeness (QED) is 0.624. The molecule has 0 unspecified atom stereocenters. The fourth-order valence-electron chi connectivity index (χ4n) is 3.30. The zero-order chi connectivity index (χ0) is 21.3. The number of fused-ring (bicyclic) bond motifs is 1. The number of aromatic nitrogens is 2. The second-order valence-corrected chi connectivity index (χ2v) is 6.78. The lowest BCUT2D eigenvalue weighted by atomic mass is 10.0. The molecule has 30 heavy (non-hydrogen) atoms. The van der Waals surface area contributed by atoms with Crippen LogP contribution in [0.5, 0.6) is 11.8 Å². The lowest BCUT2D eigenvalue weighted by molar-refractivity contribution is 0.143. The van der Waals surface area contributed by atoms with Crippen molar-refractivity contribution >= 4 is 0 Å². The van der Waals surface area contributed by atoms with Crippen LogP contribution >= 0.6 is 0 Å². The number of hydrogen-bond donors (Lipinski definition) is 1. The highest BCUT2D eigenvalue weighted by molar-refractivity contribution is 5.65. The third-order valence-corrected chi connectivity index (χ3v) is 4.69. The van der Waals surface area contributed by atoms with Gasteiger partial charge in [0, 0.05) is 36.4 Å². The van der Waals surface area contributed by atoms with E-state index in [9.17, 15) is 18.0 Å². The minimum Gasteiger partial charge on any atom is -0.490 e. The Morgan fingerprint density at radius 2 is 1.93 bits per heavy atom. The summed E-state index contributed by atoms with van der Waals surface area (Å²) in [5, 5.41) is 9.15. The molecule has 0 aliphatic carbocycles. The molecule has 0 saturated carbocycles. The van der Waals surface area contributed by atoms with Crippen LogP contribution in [-0.4, -0.2) is 34.0 Å². The Balaban J connectivity index is 1.43. The van der Waals surface area contributed by atoms with Crippen molar-refractivity contribution in [2.45, 2.75) is 19.1 Å². The van der Waals surface area contributed by atoms with Gasteiger partial charge in [0.1, 0.15) is 18.2 Å². The topological polar surface area (TPSA) is 73.6 Å². The highest BCUT2D eigenvalue weighted by Gasteiger charge is 2.26. The molecule has 1 atom stereocenters. The van der Waals surface area contributed by atoms with Gasteiger partial charge < -0.3 is 14.6 Å². The van der Waals surface area contributed by atoms with E-state index >= 15 is 0 Å². The van der Waals surface area contributed by atoms with E-state index in [1.54, 1.807) is 16.7 Å². The molecule has 2 aromatic carbocycles. The van der Waals surface area contributed by atoms with Gasteiger partial charge in [-0.25, -0.2) is 13.2 Å². The molecule has 1 aliphatic rings. The van der Waals surface area contributed by atoms with Gasteiger partial charge in [0.15, 0.2) is 17.7 Å². The molecule has 0 bridgehead atoms. The van der Waals surface area contributed by atoms with E-state index in [-0.39, 0.29) is 24.8 Å². The van der Waals surface area contributed by atoms with Crippen molar-refractivity contribution in [1.29, 1.82) is 0 Å². The Kier molecular flexibility index (Phi) is 5.45. The molecule has 4 rings (SSSR count). The molecule has 0 radical (unpaired) electrons. The third kappa shape index (κ3) is 4.02. The van der Waals surface area contributed by atoms with Gasteiger partial charge in [-0.15, -0.1) is 0 Å². The summed E-state index contributed by atoms with van der Waals surface area (Å²) >= 11 is 0. The average molecular weight is 418 g/mol. The fourth-order valence-corrected chi connectivity index (χ4v) is 3.30. The Morgan fingerprint density at radius 1 is 1.17 bits per heavy atom. The standard InChI is InChI=1S/C21H17F3N2O4/c22-13-7-17(20(24)18(23)8-13)12-1-3-15(4-2-12)29-11-16-10-26-14(5-6-27)9-19(28)25-21(26)30-16/h1-4,7-9,16,27H,5-6,10-11H2/t16-/m0/s1. The fraction of sp³-hybridized carbons (Fsp3) is 0.238. The van der Waals surface area contributed by atoms with E-state index in [0.717, 1.165) is 6.07 Å². The van der Waals surface area contributed by atoms with Gasteiger partial charge in [0.2, 0.25) is 0 Å². The summed E-state index contributed by atoms with van der Waals surface area (Å²) in [6, 6.07) is 9.06. The lowest BCUT2D eigenvalue weighted by Crippen LogP contribution is -2.23. The van der Waals surface area contributed by atoms with E-state index < -0.39 is 29.1 Å². The van der Waals surface area contributed by atoms with Crippen molar-refractivity contribution in [2.24, 2.45) is 0 Å². The molecule has 3 aromatic rings. The largest absolute Gasteiger partial charge is 0.490 e. The van der Waals surface area contributed by atoms with Crippen LogP contribution in [0.2, 0.25) is 0 Å². The summed E-state index contributed by atoms with van der Waals surface area (Å²) in [6.07, 6.45) is -0.0911. The van der Waals surface area contributed by atoms with E-state index in [4.69, 9.17) is 14.6 Å². The Labute approximate surface area is 169 Å². The maximum Gasteiger partial charge on any atom is 0.300 e. The van der Waals surface area contributed by atoms with E-state index in [1.807, 2.05) is 0 Å². The van der Waals surface area contributed by atoms with Crippen molar-refractivity contribution in [3.05, 3.63) is 76.0 Å². The second kappa shape index (κ2) is 8.19. The van der Waals surface area contributed by atoms with E-state index in [1.165, 1.54) is 18.2 Å². The summed E-state index contributed by atoms with van der Waals surface area (Å²) in [5.41, 5.74) is 0.312. The summed E-state index contributed by atoms with van der Waals surface area (Å²) in [6.45, 7) is 0.453. The highest BCUT2D eigenvalue weighted by Crippen LogP contribution is 2.28. The van der Waals surface area contributed by atoms with Crippen molar-refractivity contribution < 1.29 is 27.8 Å². The molecule has 0 amide bonds. The number of aliphatic hydroxyl groups is 1. The van der Waals surface area contributed by atoms with E-state index in [2.05, 4.69) is 4.98 Å². The highest BCUT2D eigenvalue weighted by atomic mass is 19.2. The first-order chi connectivity index (χ1) is 14.4. The van der Waals surface area contributed by atoms with Crippen LogP contribution in [0.4, 0.5) is 13.2 Å². The lowest BCUT2D eigenvalue weighted by Gasteiger charge is -2.12. The van der Waals surface area contributed by atoms with Gasteiger partial charge in [0.05, 0.1) is 6.54 Å². The average Bonchev–Trinajstić information content (AvgIpc) is 3.13. The van der Waals surface area contributed by atoms with Crippen LogP contribution in [0, 0.1) is 17.5 Å². The summed E-state index contributed by atoms with van der Waals surface area (Å²) < 4.78 is 53.8. The van der Waals surface area contributed by atoms with Gasteiger partial charge >= 0.3 is 0 Å². The minimum absolute atomic E-state index is 0.105. The number of benzene rings is 2. The van der Waals surface area contributed by atoms with Crippen molar-refractivity contribution in [3.63, 3.8) is 0 Å². The number of nitrogens with zero attached hydrogens (tertiary/aromatic N) is 2. The Morgan fingerprint density at radius 3 is 2.67 bits per heavy atom. The van der Waals surface area contributed by atoms with Crippen LogP contribution in [0.1, 0.15) is 5.69 Å². The van der Waals surface area contributed by atoms with Crippen LogP contribution in [0.15, 0.2) is 47.3 Å². The molecule has 1 N–H and O–H groups in total. The van der Waals surface area contributed by atoms with Crippen molar-refractivity contribution in [1.82, 2.24) is 9.55 Å². The van der Waals surface area contributed by atoms with Gasteiger partial charge in [-0.05, 0) is 23.8 Å². The zero-order valence-electron chi connectivity index (χ0n) is 15.6. The molecule has 2 heterocycles. The van der Waals surface area contributed by atoms with Gasteiger partial charge in [-0.2, -0.15) is 4.98 Å². The second-order valence-electron chi connectivity index (χ2n) is 6.78. The SMILES string of the molecule is O=c1cc(CCO)n2c(n1)O[C@H](COc1ccc(-c3cc(F)cc(F)c3F)cc1)C2. The van der Waals surface area contributed by atoms with Gasteiger partial charge in [-0.3, -0.25) is 9.36 Å². The van der Waals surface area contributed by atoms with Crippen molar-refractivity contribution in [3.8, 4) is 22.9 Å². The maximum atomic E-state index is 13.9.